The van der Waals surface area contributed by atoms with Crippen molar-refractivity contribution in [2.75, 3.05) is 27.2 Å². The molecule has 6 rings (SSSR count). The van der Waals surface area contributed by atoms with Crippen molar-refractivity contribution in [2.45, 2.75) is 39.8 Å². The summed E-state index contributed by atoms with van der Waals surface area (Å²) in [5.41, 5.74) is 3.05. The molecule has 0 radical (unpaired) electrons. The van der Waals surface area contributed by atoms with E-state index in [4.69, 9.17) is 0 Å². The van der Waals surface area contributed by atoms with Crippen molar-refractivity contribution >= 4 is 51.7 Å². The van der Waals surface area contributed by atoms with Gasteiger partial charge in [-0.3, -0.25) is 24.3 Å². The number of nitriles is 1. The number of hydrogen-bond donors (Lipinski definition) is 0. The van der Waals surface area contributed by atoms with Crippen LogP contribution in [0.3, 0.4) is 0 Å². The Morgan fingerprint density at radius 1 is 1.23 bits per heavy atom. The number of amides is 3. The highest BCUT2D eigenvalue weighted by molar-refractivity contribution is 7.19. The normalized spacial score (nSPS) is 23.0. The Balaban J connectivity index is 0.00000323. The number of rotatable bonds is 5. The van der Waals surface area contributed by atoms with Crippen molar-refractivity contribution in [3.05, 3.63) is 46.1 Å². The zero-order valence-electron chi connectivity index (χ0n) is 23.1. The second kappa shape index (κ2) is 9.91. The van der Waals surface area contributed by atoms with Crippen molar-refractivity contribution in [3.8, 4) is 17.3 Å². The fourth-order valence-electron chi connectivity index (χ4n) is 6.27. The predicted octanol–water partition coefficient (Wildman–Crippen LogP) is 3.88. The van der Waals surface area contributed by atoms with Gasteiger partial charge in [-0.25, -0.2) is 4.98 Å². The number of aryl methyl sites for hydroxylation is 1. The number of fused-ring (bicyclic) bond motifs is 2. The summed E-state index contributed by atoms with van der Waals surface area (Å²) in [7, 11) is 4.04. The second-order valence-electron chi connectivity index (χ2n) is 11.6. The molecule has 40 heavy (non-hydrogen) atoms. The molecule has 3 amide bonds. The first-order valence-corrected chi connectivity index (χ1v) is 13.9. The molecule has 0 N–H and O–H groups in total. The zero-order valence-corrected chi connectivity index (χ0v) is 24.7. The van der Waals surface area contributed by atoms with Gasteiger partial charge in [-0.2, -0.15) is 5.26 Å². The largest absolute Gasteiger partial charge is 0.337 e. The molecule has 9 nitrogen and oxygen atoms in total. The number of thiophene rings is 1. The highest BCUT2D eigenvalue weighted by atomic mass is 35.5. The van der Waals surface area contributed by atoms with E-state index in [0.29, 0.717) is 47.0 Å². The van der Waals surface area contributed by atoms with Crippen LogP contribution in [0.5, 0.6) is 0 Å². The highest BCUT2D eigenvalue weighted by Gasteiger charge is 2.72. The third kappa shape index (κ3) is 4.28. The minimum absolute atomic E-state index is 0. The summed E-state index contributed by atoms with van der Waals surface area (Å²) in [6, 6.07) is 7.79. The van der Waals surface area contributed by atoms with Crippen LogP contribution in [-0.4, -0.2) is 75.6 Å². The first-order chi connectivity index (χ1) is 18.5. The standard InChI is InChI=1S/C29H30N6O3S.ClH/c1-15-10-16(12-30)32-24(21(15)26(36)34-9-7-17(13-34)33(4)5)19-6-8-31-20-11-18(39-25(19)20)14-35-27(37)22-23(28(35)38)29(22,2)3;/h6,8,10-11,17,22-23H,7,9,13-14H2,1-5H3;1H. The first kappa shape index (κ1) is 28.1. The molecule has 11 heteroatoms. The summed E-state index contributed by atoms with van der Waals surface area (Å²) in [6.07, 6.45) is 2.57. The number of likely N-dealkylation sites (tertiary alicyclic amines) is 2. The van der Waals surface area contributed by atoms with E-state index in [1.165, 1.54) is 16.2 Å². The maximum Gasteiger partial charge on any atom is 0.256 e. The summed E-state index contributed by atoms with van der Waals surface area (Å²) in [5, 5.41) is 9.67. The number of piperidine rings is 1. The number of aromatic nitrogens is 2. The number of halogens is 1. The van der Waals surface area contributed by atoms with Crippen LogP contribution in [0.4, 0.5) is 0 Å². The summed E-state index contributed by atoms with van der Waals surface area (Å²) < 4.78 is 0.806. The van der Waals surface area contributed by atoms with Gasteiger partial charge in [0.25, 0.3) is 5.91 Å². The molecule has 0 spiro atoms. The van der Waals surface area contributed by atoms with E-state index in [1.54, 1.807) is 12.3 Å². The molecule has 3 aromatic rings. The molecule has 1 aliphatic carbocycles. The minimum Gasteiger partial charge on any atom is -0.337 e. The van der Waals surface area contributed by atoms with Crippen LogP contribution in [0, 0.1) is 35.5 Å². The monoisotopic (exact) mass is 578 g/mol. The average molecular weight is 579 g/mol. The van der Waals surface area contributed by atoms with Crippen LogP contribution in [-0.2, 0) is 16.1 Å². The van der Waals surface area contributed by atoms with Gasteiger partial charge in [0.05, 0.1) is 39.9 Å². The third-order valence-electron chi connectivity index (χ3n) is 8.65. The molecule has 3 aromatic heterocycles. The molecule has 3 aliphatic rings. The van der Waals surface area contributed by atoms with E-state index in [9.17, 15) is 19.6 Å². The van der Waals surface area contributed by atoms with Crippen LogP contribution in [0.15, 0.2) is 24.4 Å². The van der Waals surface area contributed by atoms with Crippen molar-refractivity contribution < 1.29 is 14.4 Å². The second-order valence-corrected chi connectivity index (χ2v) is 12.8. The summed E-state index contributed by atoms with van der Waals surface area (Å²) >= 11 is 1.44. The average Bonchev–Trinajstić information content (AvgIpc) is 3.34. The Labute approximate surface area is 243 Å². The van der Waals surface area contributed by atoms with Crippen molar-refractivity contribution in [2.24, 2.45) is 17.3 Å². The minimum atomic E-state index is -0.250. The summed E-state index contributed by atoms with van der Waals surface area (Å²) in [6.45, 7) is 7.28. The van der Waals surface area contributed by atoms with E-state index >= 15 is 0 Å². The fraction of sp³-hybridized carbons (Fsp3) is 0.448. The molecular formula is C29H31ClN6O3S. The van der Waals surface area contributed by atoms with Gasteiger partial charge in [0.15, 0.2) is 0 Å². The molecule has 1 saturated carbocycles. The van der Waals surface area contributed by atoms with Gasteiger partial charge in [0.1, 0.15) is 11.8 Å². The maximum absolute atomic E-state index is 13.9. The predicted molar refractivity (Wildman–Crippen MR) is 154 cm³/mol. The van der Waals surface area contributed by atoms with Gasteiger partial charge in [-0.1, -0.05) is 13.8 Å². The topological polar surface area (TPSA) is 110 Å². The van der Waals surface area contributed by atoms with Gasteiger partial charge in [0, 0.05) is 35.8 Å². The molecule has 2 saturated heterocycles. The Hall–Kier alpha value is -3.39. The van der Waals surface area contributed by atoms with Crippen LogP contribution >= 0.6 is 23.7 Å². The van der Waals surface area contributed by atoms with E-state index in [-0.39, 0.29) is 59.6 Å². The number of pyridine rings is 2. The molecule has 3 atom stereocenters. The lowest BCUT2D eigenvalue weighted by Crippen LogP contribution is -2.35. The maximum atomic E-state index is 13.9. The number of carbonyl (C=O) groups is 3. The summed E-state index contributed by atoms with van der Waals surface area (Å²) in [4.78, 5) is 55.0. The quantitative estimate of drug-likeness (QED) is 0.423. The van der Waals surface area contributed by atoms with Gasteiger partial charge in [-0.05, 0) is 56.6 Å². The van der Waals surface area contributed by atoms with Crippen LogP contribution in [0.1, 0.15) is 46.8 Å². The van der Waals surface area contributed by atoms with Gasteiger partial charge >= 0.3 is 0 Å². The fourth-order valence-corrected chi connectivity index (χ4v) is 7.39. The van der Waals surface area contributed by atoms with Crippen LogP contribution < -0.4 is 0 Å². The van der Waals surface area contributed by atoms with Crippen molar-refractivity contribution in [1.29, 1.82) is 5.26 Å². The number of carbonyl (C=O) groups excluding carboxylic acids is 3. The van der Waals surface area contributed by atoms with E-state index in [0.717, 1.165) is 16.0 Å². The van der Waals surface area contributed by atoms with Crippen molar-refractivity contribution in [3.63, 3.8) is 0 Å². The molecule has 0 aromatic carbocycles. The molecule has 5 heterocycles. The Morgan fingerprint density at radius 2 is 1.93 bits per heavy atom. The molecule has 0 bridgehead atoms. The van der Waals surface area contributed by atoms with Gasteiger partial charge < -0.3 is 9.80 Å². The number of likely N-dealkylation sites (N-methyl/N-ethyl adjacent to an activating group) is 1. The van der Waals surface area contributed by atoms with Gasteiger partial charge in [0.2, 0.25) is 11.8 Å². The highest BCUT2D eigenvalue weighted by Crippen LogP contribution is 2.63. The lowest BCUT2D eigenvalue weighted by molar-refractivity contribution is -0.143. The molecule has 3 unspecified atom stereocenters. The Bertz CT molecular complexity index is 1580. The zero-order chi connectivity index (χ0) is 27.8. The number of imide groups is 1. The van der Waals surface area contributed by atoms with E-state index in [2.05, 4.69) is 20.9 Å². The first-order valence-electron chi connectivity index (χ1n) is 13.1. The molecule has 208 valence electrons. The molecular weight excluding hydrogens is 548 g/mol. The Morgan fingerprint density at radius 3 is 2.55 bits per heavy atom. The SMILES string of the molecule is Cc1cc(C#N)nc(-c2ccnc3cc(CN4C(=O)C5C(C4=O)C5(C)C)sc23)c1C(=O)N1CCC(N(C)C)C1.Cl. The van der Waals surface area contributed by atoms with Crippen LogP contribution in [0.2, 0.25) is 0 Å². The molecule has 3 fully saturated rings. The Kier molecular flexibility index (Phi) is 6.97. The third-order valence-corrected chi connectivity index (χ3v) is 9.79. The van der Waals surface area contributed by atoms with E-state index < -0.39 is 0 Å². The van der Waals surface area contributed by atoms with Crippen LogP contribution in [0.25, 0.3) is 21.5 Å². The number of hydrogen-bond acceptors (Lipinski definition) is 8. The smallest absolute Gasteiger partial charge is 0.256 e. The lowest BCUT2D eigenvalue weighted by atomic mass is 9.99. The van der Waals surface area contributed by atoms with E-state index in [1.807, 2.05) is 51.9 Å². The van der Waals surface area contributed by atoms with Crippen molar-refractivity contribution in [1.82, 2.24) is 24.7 Å². The molecule has 2 aliphatic heterocycles. The van der Waals surface area contributed by atoms with Gasteiger partial charge in [-0.15, -0.1) is 23.7 Å². The lowest BCUT2D eigenvalue weighted by Gasteiger charge is -2.22. The summed E-state index contributed by atoms with van der Waals surface area (Å²) in [5.74, 6) is -0.746. The number of nitrogens with zero attached hydrogens (tertiary/aromatic N) is 6.